The third kappa shape index (κ3) is 3.65. The molecule has 2 heterocycles. The van der Waals surface area contributed by atoms with E-state index in [2.05, 4.69) is 108 Å². The molecule has 0 aliphatic heterocycles. The fraction of sp³-hybridized carbons (Fsp3) is 0. The minimum absolute atomic E-state index is 0.311. The molecule has 0 amide bonds. The Morgan fingerprint density at radius 2 is 1.24 bits per heavy atom. The van der Waals surface area contributed by atoms with Gasteiger partial charge in [-0.25, -0.2) is 0 Å². The second kappa shape index (κ2) is 7.96. The molecule has 0 N–H and O–H groups in total. The molecule has 3 heteroatoms. The van der Waals surface area contributed by atoms with Gasteiger partial charge in [-0.15, -0.1) is 0 Å². The van der Waals surface area contributed by atoms with Crippen LogP contribution in [0.5, 0.6) is 0 Å². The molecular weight excluding hydrogens is 484 g/mol. The number of fused-ring (bicyclic) bond motifs is 1. The van der Waals surface area contributed by atoms with Gasteiger partial charge in [0.05, 0.1) is 0 Å². The number of terminal acetylenes is 1. The number of nitrogens with zero attached hydrogens (tertiary/aromatic N) is 1. The van der Waals surface area contributed by atoms with Gasteiger partial charge in [0.1, 0.15) is 0 Å². The van der Waals surface area contributed by atoms with Crippen molar-refractivity contribution < 1.29 is 0 Å². The quantitative estimate of drug-likeness (QED) is 0.214. The first-order valence-electron chi connectivity index (χ1n) is 9.32. The van der Waals surface area contributed by atoms with Gasteiger partial charge in [0.15, 0.2) is 0 Å². The van der Waals surface area contributed by atoms with Gasteiger partial charge in [-0.05, 0) is 0 Å². The fourth-order valence-electron chi connectivity index (χ4n) is 3.45. The Kier molecular flexibility index (Phi) is 5.02. The summed E-state index contributed by atoms with van der Waals surface area (Å²) in [4.78, 5) is 2.31. The van der Waals surface area contributed by atoms with Crippen LogP contribution in [0.4, 0.5) is 17.1 Å². The Bertz CT molecular complexity index is 1240. The van der Waals surface area contributed by atoms with Crippen LogP contribution in [0.3, 0.4) is 0 Å². The van der Waals surface area contributed by atoms with E-state index < -0.39 is 0 Å². The van der Waals surface area contributed by atoms with E-state index in [0.29, 0.717) is 29.0 Å². The van der Waals surface area contributed by atoms with E-state index in [0.717, 1.165) is 11.4 Å². The second-order valence-electron chi connectivity index (χ2n) is 6.65. The summed E-state index contributed by atoms with van der Waals surface area (Å²) in [5.74, 6) is 2.83. The Labute approximate surface area is 182 Å². The minimum atomic E-state index is 0.311. The maximum absolute atomic E-state index is 5.60. The molecule has 0 radical (unpaired) electrons. The van der Waals surface area contributed by atoms with Gasteiger partial charge in [-0.1, -0.05) is 0 Å². The average molecular weight is 501 g/mol. The molecule has 29 heavy (non-hydrogen) atoms. The van der Waals surface area contributed by atoms with E-state index in [1.807, 2.05) is 0 Å². The first-order valence-corrected chi connectivity index (χ1v) is 12.7. The molecule has 0 bridgehead atoms. The normalized spacial score (nSPS) is 10.7. The summed E-state index contributed by atoms with van der Waals surface area (Å²) < 4.78 is 5.55. The SMILES string of the molecule is C#Cc1cc2[se]c(-c3cccc(N(c4ccccc4)c4ccccc4)c3)cc2[se]1. The van der Waals surface area contributed by atoms with Crippen LogP contribution in [0.25, 0.3) is 18.5 Å². The van der Waals surface area contributed by atoms with Crippen LogP contribution in [0.1, 0.15) is 4.44 Å². The van der Waals surface area contributed by atoms with Crippen LogP contribution in [-0.4, -0.2) is 29.0 Å². The van der Waals surface area contributed by atoms with Gasteiger partial charge in [-0.2, -0.15) is 0 Å². The number of benzene rings is 3. The summed E-state index contributed by atoms with van der Waals surface area (Å²) in [6, 6.07) is 34.6. The zero-order chi connectivity index (χ0) is 19.6. The monoisotopic (exact) mass is 503 g/mol. The van der Waals surface area contributed by atoms with Crippen molar-refractivity contribution in [1.82, 2.24) is 0 Å². The van der Waals surface area contributed by atoms with Gasteiger partial charge >= 0.3 is 183 Å². The van der Waals surface area contributed by atoms with Gasteiger partial charge in [0.25, 0.3) is 0 Å². The molecule has 0 saturated carbocycles. The van der Waals surface area contributed by atoms with Crippen LogP contribution in [0.15, 0.2) is 97.1 Å². The number of hydrogen-bond acceptors (Lipinski definition) is 1. The first-order chi connectivity index (χ1) is 14.3. The van der Waals surface area contributed by atoms with Crippen molar-refractivity contribution in [2.45, 2.75) is 0 Å². The molecule has 0 saturated heterocycles. The number of rotatable bonds is 4. The van der Waals surface area contributed by atoms with Gasteiger partial charge in [0, 0.05) is 0 Å². The predicted molar refractivity (Wildman–Crippen MR) is 126 cm³/mol. The van der Waals surface area contributed by atoms with E-state index in [-0.39, 0.29) is 0 Å². The molecule has 0 fully saturated rings. The van der Waals surface area contributed by atoms with E-state index >= 15 is 0 Å². The molecule has 3 aromatic carbocycles. The summed E-state index contributed by atoms with van der Waals surface area (Å²) in [7, 11) is 0. The number of anilines is 3. The zero-order valence-electron chi connectivity index (χ0n) is 15.6. The summed E-state index contributed by atoms with van der Waals surface area (Å²) in [6.07, 6.45) is 5.60. The Hall–Kier alpha value is -2.72. The van der Waals surface area contributed by atoms with Crippen molar-refractivity contribution in [2.24, 2.45) is 0 Å². The Balaban J connectivity index is 1.60. The summed E-state index contributed by atoms with van der Waals surface area (Å²) >= 11 is 0.643. The standard InChI is InChI=1S/C26H17NSe2/c1-2-23-17-25-26(28-23)18-24(29-25)19-10-9-15-22(16-19)27(20-11-5-3-6-12-20)21-13-7-4-8-14-21/h1,3-18H. The van der Waals surface area contributed by atoms with Crippen molar-refractivity contribution in [3.63, 3.8) is 0 Å². The Morgan fingerprint density at radius 3 is 1.86 bits per heavy atom. The molecule has 5 aromatic rings. The number of hydrogen-bond donors (Lipinski definition) is 0. The molecule has 0 unspecified atom stereocenters. The van der Waals surface area contributed by atoms with Crippen molar-refractivity contribution in [1.29, 1.82) is 0 Å². The molecule has 5 rings (SSSR count). The van der Waals surface area contributed by atoms with Crippen LogP contribution in [0, 0.1) is 12.3 Å². The van der Waals surface area contributed by atoms with Crippen molar-refractivity contribution in [3.8, 4) is 22.3 Å². The molecule has 0 aliphatic carbocycles. The van der Waals surface area contributed by atoms with Crippen molar-refractivity contribution in [3.05, 3.63) is 101 Å². The van der Waals surface area contributed by atoms with Crippen molar-refractivity contribution >= 4 is 54.6 Å². The van der Waals surface area contributed by atoms with Crippen molar-refractivity contribution in [2.75, 3.05) is 4.90 Å². The van der Waals surface area contributed by atoms with Crippen LogP contribution in [-0.2, 0) is 0 Å². The van der Waals surface area contributed by atoms with Crippen LogP contribution in [0.2, 0.25) is 0 Å². The fourth-order valence-corrected chi connectivity index (χ4v) is 8.90. The molecule has 1 nitrogen and oxygen atoms in total. The molecule has 0 aliphatic rings. The third-order valence-electron chi connectivity index (χ3n) is 4.77. The predicted octanol–water partition coefficient (Wildman–Crippen LogP) is 6.07. The summed E-state index contributed by atoms with van der Waals surface area (Å²) in [5, 5.41) is 0. The van der Waals surface area contributed by atoms with Crippen LogP contribution < -0.4 is 4.90 Å². The second-order valence-corrected chi connectivity index (χ2v) is 11.2. The maximum atomic E-state index is 5.60. The average Bonchev–Trinajstić information content (AvgIpc) is 3.35. The van der Waals surface area contributed by atoms with Gasteiger partial charge < -0.3 is 0 Å². The van der Waals surface area contributed by atoms with Gasteiger partial charge in [0.2, 0.25) is 0 Å². The molecule has 0 atom stereocenters. The Morgan fingerprint density at radius 1 is 0.621 bits per heavy atom. The topological polar surface area (TPSA) is 3.24 Å². The van der Waals surface area contributed by atoms with E-state index in [9.17, 15) is 0 Å². The molecule has 0 spiro atoms. The molecule has 138 valence electrons. The summed E-state index contributed by atoms with van der Waals surface area (Å²) in [6.45, 7) is 0. The third-order valence-corrected chi connectivity index (χ3v) is 9.92. The summed E-state index contributed by atoms with van der Waals surface area (Å²) in [5.41, 5.74) is 4.80. The number of para-hydroxylation sites is 2. The first kappa shape index (κ1) is 18.3. The van der Waals surface area contributed by atoms with Gasteiger partial charge in [-0.3, -0.25) is 0 Å². The van der Waals surface area contributed by atoms with E-state index in [1.165, 1.54) is 28.6 Å². The molecule has 2 aromatic heterocycles. The van der Waals surface area contributed by atoms with E-state index in [1.54, 1.807) is 0 Å². The van der Waals surface area contributed by atoms with E-state index in [4.69, 9.17) is 6.42 Å². The van der Waals surface area contributed by atoms with Crippen LogP contribution >= 0.6 is 0 Å². The zero-order valence-corrected chi connectivity index (χ0v) is 19.0. The molecular formula is C26H17NSe2.